The van der Waals surface area contributed by atoms with Crippen LogP contribution in [0.5, 0.6) is 11.5 Å². The van der Waals surface area contributed by atoms with E-state index in [9.17, 15) is 4.79 Å². The molecule has 7 heteroatoms. The minimum atomic E-state index is 0.128. The van der Waals surface area contributed by atoms with E-state index in [0.717, 1.165) is 76.0 Å². The predicted molar refractivity (Wildman–Crippen MR) is 128 cm³/mol. The number of ether oxygens (including phenoxy) is 3. The summed E-state index contributed by atoms with van der Waals surface area (Å²) in [6.45, 7) is 9.58. The summed E-state index contributed by atoms with van der Waals surface area (Å²) in [5.74, 6) is 1.75. The van der Waals surface area contributed by atoms with Gasteiger partial charge < -0.3 is 19.1 Å². The standard InChI is InChI=1S/C26H35N3O4/c1-20-4-6-22(7-5-20)26(30)29-10-8-27(9-11-29)18-25-19-28(12-13-33-25)17-21-14-23(31-2)16-24(15-21)32-3/h4-7,14-16,25H,8-13,17-19H2,1-3H3/t25-/m0/s1. The Hall–Kier alpha value is -2.61. The van der Waals surface area contributed by atoms with Crippen LogP contribution in [0.1, 0.15) is 21.5 Å². The van der Waals surface area contributed by atoms with Gasteiger partial charge >= 0.3 is 0 Å². The SMILES string of the molecule is COc1cc(CN2CCO[C@@H](CN3CCN(C(=O)c4ccc(C)cc4)CC3)C2)cc(OC)c1. The first-order valence-electron chi connectivity index (χ1n) is 11.7. The van der Waals surface area contributed by atoms with Crippen LogP contribution in [0.2, 0.25) is 0 Å². The lowest BCUT2D eigenvalue weighted by Gasteiger charge is -2.39. The average Bonchev–Trinajstić information content (AvgIpc) is 2.84. The number of methoxy groups -OCH3 is 2. The molecule has 0 N–H and O–H groups in total. The van der Waals surface area contributed by atoms with Crippen molar-refractivity contribution in [3.8, 4) is 11.5 Å². The summed E-state index contributed by atoms with van der Waals surface area (Å²) in [5.41, 5.74) is 3.12. The lowest BCUT2D eigenvalue weighted by atomic mass is 10.1. The van der Waals surface area contributed by atoms with E-state index in [1.54, 1.807) is 14.2 Å². The highest BCUT2D eigenvalue weighted by Crippen LogP contribution is 2.24. The molecule has 1 amide bonds. The van der Waals surface area contributed by atoms with E-state index in [-0.39, 0.29) is 12.0 Å². The van der Waals surface area contributed by atoms with Crippen LogP contribution < -0.4 is 9.47 Å². The van der Waals surface area contributed by atoms with Crippen LogP contribution in [0.15, 0.2) is 42.5 Å². The molecule has 7 nitrogen and oxygen atoms in total. The lowest BCUT2D eigenvalue weighted by molar-refractivity contribution is -0.0497. The van der Waals surface area contributed by atoms with Crippen LogP contribution in [0.3, 0.4) is 0 Å². The summed E-state index contributed by atoms with van der Waals surface area (Å²) in [6.07, 6.45) is 0.172. The van der Waals surface area contributed by atoms with Gasteiger partial charge in [0.25, 0.3) is 5.91 Å². The van der Waals surface area contributed by atoms with Crippen molar-refractivity contribution >= 4 is 5.91 Å². The highest BCUT2D eigenvalue weighted by molar-refractivity contribution is 5.94. The van der Waals surface area contributed by atoms with Gasteiger partial charge in [0.1, 0.15) is 11.5 Å². The largest absolute Gasteiger partial charge is 0.497 e. The summed E-state index contributed by atoms with van der Waals surface area (Å²) in [4.78, 5) is 19.6. The van der Waals surface area contributed by atoms with Gasteiger partial charge in [-0.25, -0.2) is 0 Å². The molecule has 0 unspecified atom stereocenters. The van der Waals surface area contributed by atoms with Crippen LogP contribution in [0, 0.1) is 6.92 Å². The van der Waals surface area contributed by atoms with Crippen molar-refractivity contribution in [3.63, 3.8) is 0 Å². The number of hydrogen-bond donors (Lipinski definition) is 0. The van der Waals surface area contributed by atoms with Gasteiger partial charge in [-0.15, -0.1) is 0 Å². The molecule has 0 aliphatic carbocycles. The van der Waals surface area contributed by atoms with Crippen molar-refractivity contribution in [2.24, 2.45) is 0 Å². The van der Waals surface area contributed by atoms with E-state index in [1.165, 1.54) is 11.1 Å². The van der Waals surface area contributed by atoms with Crippen molar-refractivity contribution in [1.29, 1.82) is 0 Å². The summed E-state index contributed by atoms with van der Waals surface area (Å²) in [7, 11) is 3.36. The average molecular weight is 454 g/mol. The number of amides is 1. The minimum absolute atomic E-state index is 0.128. The van der Waals surface area contributed by atoms with Crippen molar-refractivity contribution in [3.05, 3.63) is 59.2 Å². The molecule has 4 rings (SSSR count). The molecule has 178 valence electrons. The second-order valence-electron chi connectivity index (χ2n) is 8.91. The van der Waals surface area contributed by atoms with Gasteiger partial charge in [-0.3, -0.25) is 14.6 Å². The van der Waals surface area contributed by atoms with E-state index in [0.29, 0.717) is 0 Å². The number of benzene rings is 2. The zero-order chi connectivity index (χ0) is 23.2. The van der Waals surface area contributed by atoms with Crippen LogP contribution in [-0.4, -0.2) is 93.4 Å². The van der Waals surface area contributed by atoms with Gasteiger partial charge in [0, 0.05) is 64.0 Å². The molecule has 2 aliphatic rings. The Balaban J connectivity index is 1.26. The topological polar surface area (TPSA) is 54.5 Å². The summed E-state index contributed by atoms with van der Waals surface area (Å²) < 4.78 is 16.9. The molecule has 0 spiro atoms. The smallest absolute Gasteiger partial charge is 0.253 e. The van der Waals surface area contributed by atoms with Gasteiger partial charge in [0.15, 0.2) is 0 Å². The lowest BCUT2D eigenvalue weighted by Crippen LogP contribution is -2.53. The Morgan fingerprint density at radius 3 is 2.24 bits per heavy atom. The third kappa shape index (κ3) is 6.25. The molecule has 1 atom stereocenters. The second kappa shape index (κ2) is 11.0. The Kier molecular flexibility index (Phi) is 7.85. The fourth-order valence-corrected chi connectivity index (χ4v) is 4.55. The first-order valence-corrected chi connectivity index (χ1v) is 11.7. The molecule has 0 bridgehead atoms. The molecule has 33 heavy (non-hydrogen) atoms. The maximum atomic E-state index is 12.8. The highest BCUT2D eigenvalue weighted by Gasteiger charge is 2.27. The fourth-order valence-electron chi connectivity index (χ4n) is 4.55. The number of aryl methyl sites for hydroxylation is 1. The third-order valence-corrected chi connectivity index (χ3v) is 6.46. The van der Waals surface area contributed by atoms with E-state index >= 15 is 0 Å². The first kappa shape index (κ1) is 23.5. The molecular weight excluding hydrogens is 418 g/mol. The summed E-state index contributed by atoms with van der Waals surface area (Å²) in [5, 5.41) is 0. The maximum absolute atomic E-state index is 12.8. The Bertz CT molecular complexity index is 903. The van der Waals surface area contributed by atoms with Gasteiger partial charge in [-0.2, -0.15) is 0 Å². The Morgan fingerprint density at radius 1 is 0.939 bits per heavy atom. The molecule has 2 aromatic rings. The van der Waals surface area contributed by atoms with Crippen molar-refractivity contribution in [2.45, 2.75) is 19.6 Å². The number of rotatable bonds is 7. The quantitative estimate of drug-likeness (QED) is 0.643. The number of morpholine rings is 1. The van der Waals surface area contributed by atoms with Crippen molar-refractivity contribution < 1.29 is 19.0 Å². The van der Waals surface area contributed by atoms with Crippen LogP contribution >= 0.6 is 0 Å². The number of carbonyl (C=O) groups is 1. The second-order valence-corrected chi connectivity index (χ2v) is 8.91. The number of hydrogen-bond acceptors (Lipinski definition) is 6. The Labute approximate surface area is 196 Å². The predicted octanol–water partition coefficient (Wildman–Crippen LogP) is 2.67. The highest BCUT2D eigenvalue weighted by atomic mass is 16.5. The van der Waals surface area contributed by atoms with Gasteiger partial charge in [-0.05, 0) is 36.8 Å². The molecule has 2 saturated heterocycles. The van der Waals surface area contributed by atoms with Crippen LogP contribution in [-0.2, 0) is 11.3 Å². The zero-order valence-electron chi connectivity index (χ0n) is 20.0. The van der Waals surface area contributed by atoms with Crippen molar-refractivity contribution in [1.82, 2.24) is 14.7 Å². The Morgan fingerprint density at radius 2 is 1.61 bits per heavy atom. The molecule has 2 heterocycles. The van der Waals surface area contributed by atoms with Gasteiger partial charge in [0.05, 0.1) is 26.9 Å². The van der Waals surface area contributed by atoms with Crippen molar-refractivity contribution in [2.75, 3.05) is 66.6 Å². The first-order chi connectivity index (χ1) is 16.0. The normalized spacial score (nSPS) is 20.0. The summed E-state index contributed by atoms with van der Waals surface area (Å²) >= 11 is 0. The molecule has 0 radical (unpaired) electrons. The van der Waals surface area contributed by atoms with E-state index < -0.39 is 0 Å². The van der Waals surface area contributed by atoms with E-state index in [2.05, 4.69) is 21.9 Å². The van der Waals surface area contributed by atoms with Crippen LogP contribution in [0.25, 0.3) is 0 Å². The van der Waals surface area contributed by atoms with Gasteiger partial charge in [0.2, 0.25) is 0 Å². The van der Waals surface area contributed by atoms with E-state index in [4.69, 9.17) is 14.2 Å². The van der Waals surface area contributed by atoms with Crippen LogP contribution in [0.4, 0.5) is 0 Å². The molecule has 2 aliphatic heterocycles. The summed E-state index contributed by atoms with van der Waals surface area (Å²) in [6, 6.07) is 13.9. The zero-order valence-corrected chi connectivity index (χ0v) is 20.0. The maximum Gasteiger partial charge on any atom is 0.253 e. The third-order valence-electron chi connectivity index (χ3n) is 6.46. The molecule has 0 aromatic heterocycles. The number of piperazine rings is 1. The van der Waals surface area contributed by atoms with Gasteiger partial charge in [-0.1, -0.05) is 17.7 Å². The fraction of sp³-hybridized carbons (Fsp3) is 0.500. The number of nitrogens with zero attached hydrogens (tertiary/aromatic N) is 3. The number of carbonyl (C=O) groups excluding carboxylic acids is 1. The molecule has 2 fully saturated rings. The minimum Gasteiger partial charge on any atom is -0.497 e. The molecular formula is C26H35N3O4. The van der Waals surface area contributed by atoms with E-state index in [1.807, 2.05) is 42.2 Å². The monoisotopic (exact) mass is 453 g/mol. The molecule has 0 saturated carbocycles. The molecule has 2 aromatic carbocycles.